The minimum atomic E-state index is -2.50. The fraction of sp³-hybridized carbons (Fsp3) is 0.189. The largest absolute Gasteiger partial charge is 0.456 e. The lowest BCUT2D eigenvalue weighted by Crippen LogP contribution is -2.37. The number of hydrogen-bond acceptors (Lipinski definition) is 1. The lowest BCUT2D eigenvalue weighted by atomic mass is 9.94. The number of nitrogens with zero attached hydrogens (tertiary/aromatic N) is 2. The van der Waals surface area contributed by atoms with E-state index in [4.69, 9.17) is 19.2 Å². The highest BCUT2D eigenvalue weighted by molar-refractivity contribution is 6.88. The van der Waals surface area contributed by atoms with Crippen molar-refractivity contribution in [2.24, 2.45) is 7.05 Å². The Morgan fingerprint density at radius 1 is 0.780 bits per heavy atom. The standard InChI is InChI=1S/C37H35N2OSi/c1-23-14-16-29-30-18-19-32(38-4)35(26-12-10-9-11-13-26)37(30)40-36(29)34(23)33-21-31(25(3)22-39(33)5)28-17-15-27(20-24(28)2)41(6,7)8/h9-22H,1-3,5-8H3/q+1/i2D3,3D3. The first-order valence-electron chi connectivity index (χ1n) is 16.6. The van der Waals surface area contributed by atoms with Crippen molar-refractivity contribution in [1.82, 2.24) is 0 Å². The molecule has 0 radical (unpaired) electrons. The summed E-state index contributed by atoms with van der Waals surface area (Å²) in [5.74, 6) is 0. The van der Waals surface area contributed by atoms with Gasteiger partial charge in [0, 0.05) is 36.2 Å². The number of aryl methyl sites for hydroxylation is 4. The van der Waals surface area contributed by atoms with Crippen molar-refractivity contribution < 1.29 is 17.2 Å². The van der Waals surface area contributed by atoms with E-state index in [1.807, 2.05) is 67.6 Å². The molecule has 0 fully saturated rings. The fourth-order valence-corrected chi connectivity index (χ4v) is 6.81. The second kappa shape index (κ2) is 9.87. The topological polar surface area (TPSA) is 21.4 Å². The Labute approximate surface area is 252 Å². The number of fused-ring (bicyclic) bond motifs is 3. The van der Waals surface area contributed by atoms with E-state index in [0.29, 0.717) is 39.2 Å². The number of rotatable bonds is 4. The minimum absolute atomic E-state index is 0.0671. The van der Waals surface area contributed by atoms with Crippen molar-refractivity contribution in [3.8, 4) is 33.5 Å². The van der Waals surface area contributed by atoms with Gasteiger partial charge < -0.3 is 4.42 Å². The van der Waals surface area contributed by atoms with Crippen LogP contribution in [0.3, 0.4) is 0 Å². The van der Waals surface area contributed by atoms with Crippen LogP contribution in [0, 0.1) is 27.2 Å². The quantitative estimate of drug-likeness (QED) is 0.120. The molecule has 6 rings (SSSR count). The third-order valence-electron chi connectivity index (χ3n) is 7.88. The van der Waals surface area contributed by atoms with Gasteiger partial charge in [-0.15, -0.1) is 0 Å². The Bertz CT molecular complexity index is 2240. The summed E-state index contributed by atoms with van der Waals surface area (Å²) in [5, 5.41) is 2.71. The van der Waals surface area contributed by atoms with Gasteiger partial charge in [0.25, 0.3) is 0 Å². The number of benzene rings is 4. The highest BCUT2D eigenvalue weighted by Crippen LogP contribution is 2.44. The van der Waals surface area contributed by atoms with Crippen LogP contribution in [0.15, 0.2) is 89.5 Å². The zero-order chi connectivity index (χ0) is 34.1. The van der Waals surface area contributed by atoms with Crippen LogP contribution in [0.2, 0.25) is 19.6 Å². The van der Waals surface area contributed by atoms with Gasteiger partial charge in [0.1, 0.15) is 18.2 Å². The number of furan rings is 1. The molecular weight excluding hydrogens is 517 g/mol. The second-order valence-electron chi connectivity index (χ2n) is 11.7. The zero-order valence-corrected chi connectivity index (χ0v) is 24.9. The molecule has 202 valence electrons. The van der Waals surface area contributed by atoms with Gasteiger partial charge in [0.15, 0.2) is 11.9 Å². The molecule has 0 atom stereocenters. The molecule has 0 aliphatic rings. The van der Waals surface area contributed by atoms with Gasteiger partial charge in [-0.05, 0) is 48.4 Å². The summed E-state index contributed by atoms with van der Waals surface area (Å²) in [5.41, 5.74) is 6.53. The smallest absolute Gasteiger partial charge is 0.216 e. The molecule has 2 heterocycles. The molecule has 2 aromatic heterocycles. The highest BCUT2D eigenvalue weighted by atomic mass is 28.3. The number of hydrogen-bond donors (Lipinski definition) is 0. The van der Waals surface area contributed by atoms with Crippen LogP contribution in [-0.4, -0.2) is 8.07 Å². The Morgan fingerprint density at radius 2 is 1.49 bits per heavy atom. The summed E-state index contributed by atoms with van der Waals surface area (Å²) in [6, 6.07) is 24.7. The zero-order valence-electron chi connectivity index (χ0n) is 29.9. The van der Waals surface area contributed by atoms with Crippen molar-refractivity contribution >= 4 is 40.9 Å². The predicted octanol–water partition coefficient (Wildman–Crippen LogP) is 9.43. The van der Waals surface area contributed by atoms with E-state index in [2.05, 4.69) is 24.5 Å². The first kappa shape index (κ1) is 20.4. The maximum atomic E-state index is 8.45. The highest BCUT2D eigenvalue weighted by Gasteiger charge is 2.25. The maximum absolute atomic E-state index is 8.45. The molecule has 0 aliphatic heterocycles. The number of aromatic nitrogens is 1. The van der Waals surface area contributed by atoms with Gasteiger partial charge in [0.2, 0.25) is 5.69 Å². The summed E-state index contributed by atoms with van der Waals surface area (Å²) >= 11 is 0. The van der Waals surface area contributed by atoms with E-state index in [1.54, 1.807) is 36.0 Å². The van der Waals surface area contributed by atoms with Gasteiger partial charge in [-0.3, -0.25) is 0 Å². The second-order valence-corrected chi connectivity index (χ2v) is 16.7. The molecule has 0 aliphatic carbocycles. The Hall–Kier alpha value is -4.46. The van der Waals surface area contributed by atoms with E-state index in [0.717, 1.165) is 32.6 Å². The Balaban J connectivity index is 1.70. The van der Waals surface area contributed by atoms with Crippen molar-refractivity contribution in [3.05, 3.63) is 113 Å². The fourth-order valence-electron chi connectivity index (χ4n) is 5.65. The molecule has 0 saturated heterocycles. The molecule has 4 heteroatoms. The molecule has 0 unspecified atom stereocenters. The lowest BCUT2D eigenvalue weighted by Gasteiger charge is -2.19. The van der Waals surface area contributed by atoms with Crippen LogP contribution < -0.4 is 9.75 Å². The van der Waals surface area contributed by atoms with Crippen molar-refractivity contribution in [1.29, 1.82) is 0 Å². The average molecular weight is 558 g/mol. The molecule has 4 aromatic carbocycles. The summed E-state index contributed by atoms with van der Waals surface area (Å²) in [4.78, 5) is 3.80. The van der Waals surface area contributed by atoms with Crippen LogP contribution >= 0.6 is 0 Å². The maximum Gasteiger partial charge on any atom is 0.216 e. The molecule has 3 nitrogen and oxygen atoms in total. The third-order valence-corrected chi connectivity index (χ3v) is 9.93. The molecule has 41 heavy (non-hydrogen) atoms. The monoisotopic (exact) mass is 557 g/mol. The van der Waals surface area contributed by atoms with Crippen LogP contribution in [0.4, 0.5) is 5.69 Å². The summed E-state index contributed by atoms with van der Waals surface area (Å²) in [6.45, 7) is 11.3. The first-order chi connectivity index (χ1) is 22.0. The van der Waals surface area contributed by atoms with E-state index in [9.17, 15) is 0 Å². The Kier molecular flexibility index (Phi) is 4.91. The molecule has 6 aromatic rings. The molecule has 0 saturated carbocycles. The van der Waals surface area contributed by atoms with Gasteiger partial charge in [0.05, 0.1) is 20.2 Å². The van der Waals surface area contributed by atoms with Crippen molar-refractivity contribution in [2.45, 2.75) is 40.3 Å². The SMILES string of the molecule is [2H]C([2H])([2H])c1cc([Si](C)(C)C)ccc1-c1cc(-c2c(C)ccc3c2oc2c(-c4ccccc4)c([N+]#[C-])ccc23)[n+](C)cc1C([2H])([2H])[2H]. The molecule has 0 amide bonds. The van der Waals surface area contributed by atoms with Crippen LogP contribution in [0.25, 0.3) is 60.3 Å². The normalized spacial score (nSPS) is 14.5. The van der Waals surface area contributed by atoms with Crippen LogP contribution in [-0.2, 0) is 7.05 Å². The van der Waals surface area contributed by atoms with Crippen molar-refractivity contribution in [2.75, 3.05) is 0 Å². The van der Waals surface area contributed by atoms with Gasteiger partial charge in [-0.25, -0.2) is 9.41 Å². The molecule has 0 spiro atoms. The molecule has 0 bridgehead atoms. The van der Waals surface area contributed by atoms with Crippen LogP contribution in [0.1, 0.15) is 24.9 Å². The summed E-state index contributed by atoms with van der Waals surface area (Å²) in [7, 11) is -0.0844. The van der Waals surface area contributed by atoms with Gasteiger partial charge in [-0.2, -0.15) is 0 Å². The summed E-state index contributed by atoms with van der Waals surface area (Å²) in [6.07, 6.45) is 1.58. The van der Waals surface area contributed by atoms with Crippen LogP contribution in [0.5, 0.6) is 0 Å². The first-order valence-corrected chi connectivity index (χ1v) is 17.1. The lowest BCUT2D eigenvalue weighted by molar-refractivity contribution is -0.660. The van der Waals surface area contributed by atoms with E-state index >= 15 is 0 Å². The van der Waals surface area contributed by atoms with Crippen molar-refractivity contribution in [3.63, 3.8) is 0 Å². The Morgan fingerprint density at radius 3 is 2.17 bits per heavy atom. The van der Waals surface area contributed by atoms with E-state index in [-0.39, 0.29) is 11.1 Å². The van der Waals surface area contributed by atoms with E-state index < -0.39 is 21.8 Å². The minimum Gasteiger partial charge on any atom is -0.456 e. The molecular formula is C37H35N2OSi+. The number of pyridine rings is 1. The summed E-state index contributed by atoms with van der Waals surface area (Å²) < 4.78 is 59.1. The van der Waals surface area contributed by atoms with E-state index in [1.165, 1.54) is 0 Å². The average Bonchev–Trinajstić information content (AvgIpc) is 3.38. The van der Waals surface area contributed by atoms with Gasteiger partial charge >= 0.3 is 0 Å². The predicted molar refractivity (Wildman–Crippen MR) is 175 cm³/mol. The molecule has 0 N–H and O–H groups in total. The third kappa shape index (κ3) is 4.47. The van der Waals surface area contributed by atoms with Gasteiger partial charge in [-0.1, -0.05) is 97.6 Å².